The Morgan fingerprint density at radius 1 is 1.18 bits per heavy atom. The van der Waals surface area contributed by atoms with E-state index in [-0.39, 0.29) is 5.56 Å². The summed E-state index contributed by atoms with van der Waals surface area (Å²) in [6, 6.07) is 4.32. The third-order valence-corrected chi connectivity index (χ3v) is 2.39. The van der Waals surface area contributed by atoms with Crippen molar-refractivity contribution in [2.75, 3.05) is 0 Å². The Morgan fingerprint density at radius 2 is 1.59 bits per heavy atom. The van der Waals surface area contributed by atoms with E-state index in [1.165, 1.54) is 19.1 Å². The lowest BCUT2D eigenvalue weighted by molar-refractivity contribution is 0.0172. The topological polar surface area (TPSA) is 20.2 Å². The molecule has 1 N–H and O–H groups in total. The van der Waals surface area contributed by atoms with E-state index in [4.69, 9.17) is 5.11 Å². The van der Waals surface area contributed by atoms with Gasteiger partial charge >= 0.3 is 0 Å². The Hall–Kier alpha value is -1.45. The van der Waals surface area contributed by atoms with E-state index in [0.29, 0.717) is 12.0 Å². The first-order valence-corrected chi connectivity index (χ1v) is 7.67. The van der Waals surface area contributed by atoms with Crippen LogP contribution >= 0.6 is 0 Å². The van der Waals surface area contributed by atoms with Gasteiger partial charge < -0.3 is 5.11 Å². The van der Waals surface area contributed by atoms with Gasteiger partial charge in [-0.15, -0.1) is 0 Å². The van der Waals surface area contributed by atoms with Crippen LogP contribution in [0.1, 0.15) is 71.3 Å². The fourth-order valence-electron chi connectivity index (χ4n) is 1.41. The molecule has 0 aliphatic heterocycles. The van der Waals surface area contributed by atoms with Crippen molar-refractivity contribution in [1.82, 2.24) is 0 Å². The Balaban J connectivity index is -0.000000446. The number of hydrogen-bond acceptors (Lipinski definition) is 1. The van der Waals surface area contributed by atoms with Gasteiger partial charge in [-0.3, -0.25) is 0 Å². The lowest BCUT2D eigenvalue weighted by Crippen LogP contribution is -2.08. The molecule has 0 fully saturated rings. The number of aliphatic hydroxyl groups excluding tert-OH is 1. The number of rotatable bonds is 3. The van der Waals surface area contributed by atoms with Crippen LogP contribution in [0.4, 0.5) is 13.2 Å². The Labute approximate surface area is 133 Å². The molecule has 0 spiro atoms. The van der Waals surface area contributed by atoms with Crippen LogP contribution in [0.25, 0.3) is 0 Å². The van der Waals surface area contributed by atoms with Crippen LogP contribution in [0.5, 0.6) is 0 Å². The number of aliphatic hydroxyl groups is 1. The van der Waals surface area contributed by atoms with Crippen molar-refractivity contribution in [3.63, 3.8) is 0 Å². The Bertz CT molecular complexity index is 382. The average molecular weight is 320 g/mol. The van der Waals surface area contributed by atoms with Gasteiger partial charge in [0.2, 0.25) is 0 Å². The molecule has 0 bridgehead atoms. The zero-order chi connectivity index (χ0) is 18.3. The third kappa shape index (κ3) is 11.2. The van der Waals surface area contributed by atoms with Crippen LogP contribution in [0.3, 0.4) is 0 Å². The molecule has 1 aromatic rings. The van der Waals surface area contributed by atoms with Crippen molar-refractivity contribution < 1.29 is 18.3 Å². The van der Waals surface area contributed by atoms with Crippen molar-refractivity contribution in [2.24, 2.45) is 0 Å². The van der Waals surface area contributed by atoms with E-state index in [1.54, 1.807) is 6.07 Å². The Morgan fingerprint density at radius 3 is 1.86 bits per heavy atom. The van der Waals surface area contributed by atoms with Crippen LogP contribution in [0, 0.1) is 0 Å². The van der Waals surface area contributed by atoms with E-state index in [9.17, 15) is 13.2 Å². The van der Waals surface area contributed by atoms with Crippen molar-refractivity contribution in [2.45, 2.75) is 67.0 Å². The van der Waals surface area contributed by atoms with Crippen LogP contribution in [0.2, 0.25) is 0 Å². The first-order chi connectivity index (χ1) is 10.3. The van der Waals surface area contributed by atoms with E-state index < -0.39 is 12.1 Å². The normalized spacial score (nSPS) is 10.6. The molecule has 1 unspecified atom stereocenters. The fraction of sp³-hybridized carbons (Fsp3) is 0.556. The molecular weight excluding hydrogens is 289 g/mol. The summed E-state index contributed by atoms with van der Waals surface area (Å²) in [6.07, 6.45) is 0.168. The van der Waals surface area contributed by atoms with E-state index in [2.05, 4.69) is 6.58 Å². The highest BCUT2D eigenvalue weighted by Gasteiger charge is 2.25. The van der Waals surface area contributed by atoms with Gasteiger partial charge in [0.05, 0.1) is 6.26 Å². The van der Waals surface area contributed by atoms with E-state index >= 15 is 0 Å². The van der Waals surface area contributed by atoms with Crippen molar-refractivity contribution in [1.29, 1.82) is 0 Å². The quantitative estimate of drug-likeness (QED) is 0.587. The average Bonchev–Trinajstić information content (AvgIpc) is 2.50. The van der Waals surface area contributed by atoms with Gasteiger partial charge in [0.1, 0.15) is 6.17 Å². The number of benzene rings is 1. The molecule has 1 atom stereocenters. The molecule has 0 saturated carbocycles. The van der Waals surface area contributed by atoms with E-state index in [1.807, 2.05) is 34.6 Å². The van der Waals surface area contributed by atoms with Crippen LogP contribution in [-0.2, 0) is 12.3 Å². The third-order valence-electron chi connectivity index (χ3n) is 2.39. The SMILES string of the molecule is C=CO.CC.CC.CCc1cc(C(C)F)cc(C(C)(F)F)c1. The minimum atomic E-state index is -2.91. The lowest BCUT2D eigenvalue weighted by atomic mass is 9.99. The second-order valence-electron chi connectivity index (χ2n) is 4.00. The first kappa shape index (κ1) is 25.5. The van der Waals surface area contributed by atoms with Gasteiger partial charge in [0.15, 0.2) is 0 Å². The molecule has 0 radical (unpaired) electrons. The zero-order valence-corrected chi connectivity index (χ0v) is 14.9. The molecule has 0 aliphatic rings. The van der Waals surface area contributed by atoms with Crippen molar-refractivity contribution in [3.05, 3.63) is 47.7 Å². The van der Waals surface area contributed by atoms with Crippen LogP contribution in [-0.4, -0.2) is 5.11 Å². The lowest BCUT2D eigenvalue weighted by Gasteiger charge is -2.14. The van der Waals surface area contributed by atoms with E-state index in [0.717, 1.165) is 18.7 Å². The zero-order valence-electron chi connectivity index (χ0n) is 14.9. The Kier molecular flexibility index (Phi) is 16.8. The predicted octanol–water partition coefficient (Wildman–Crippen LogP) is 7.13. The minimum absolute atomic E-state index is 0.110. The molecule has 0 aliphatic carbocycles. The highest BCUT2D eigenvalue weighted by Crippen LogP contribution is 2.31. The predicted molar refractivity (Wildman–Crippen MR) is 90.4 cm³/mol. The summed E-state index contributed by atoms with van der Waals surface area (Å²) in [5.74, 6) is -2.91. The second kappa shape index (κ2) is 14.5. The fourth-order valence-corrected chi connectivity index (χ4v) is 1.41. The summed E-state index contributed by atoms with van der Waals surface area (Å²) in [6.45, 7) is 15.0. The molecule has 22 heavy (non-hydrogen) atoms. The molecule has 1 rings (SSSR count). The number of alkyl halides is 3. The molecule has 0 amide bonds. The molecule has 0 heterocycles. The molecule has 4 heteroatoms. The molecule has 0 aromatic heterocycles. The largest absolute Gasteiger partial charge is 0.516 e. The molecular formula is C18H31F3O. The summed E-state index contributed by atoms with van der Waals surface area (Å²) in [5, 5.41) is 7.33. The van der Waals surface area contributed by atoms with Gasteiger partial charge in [-0.25, -0.2) is 13.2 Å². The second-order valence-corrected chi connectivity index (χ2v) is 4.00. The van der Waals surface area contributed by atoms with Gasteiger partial charge in [0.25, 0.3) is 5.92 Å². The molecule has 130 valence electrons. The summed E-state index contributed by atoms with van der Waals surface area (Å²) in [7, 11) is 0. The van der Waals surface area contributed by atoms with Crippen LogP contribution in [0.15, 0.2) is 31.0 Å². The van der Waals surface area contributed by atoms with Gasteiger partial charge in [-0.1, -0.05) is 47.3 Å². The molecule has 1 aromatic carbocycles. The summed E-state index contributed by atoms with van der Waals surface area (Å²) in [4.78, 5) is 0. The van der Waals surface area contributed by atoms with Crippen molar-refractivity contribution in [3.8, 4) is 0 Å². The van der Waals surface area contributed by atoms with Gasteiger partial charge in [-0.05, 0) is 36.6 Å². The molecule has 1 nitrogen and oxygen atoms in total. The van der Waals surface area contributed by atoms with Gasteiger partial charge in [-0.2, -0.15) is 0 Å². The maximum absolute atomic E-state index is 13.1. The van der Waals surface area contributed by atoms with Gasteiger partial charge in [0, 0.05) is 12.5 Å². The number of hydrogen-bond donors (Lipinski definition) is 1. The smallest absolute Gasteiger partial charge is 0.270 e. The number of halogens is 3. The first-order valence-electron chi connectivity index (χ1n) is 7.67. The standard InChI is InChI=1S/C12H15F3.C2H4O.2C2H6/c1-4-9-5-10(8(2)13)7-11(6-9)12(3,14)15;1-2-3;2*1-2/h5-8H,4H2,1-3H3;2-3H,1H2;2*1-2H3. The maximum Gasteiger partial charge on any atom is 0.270 e. The number of aryl methyl sites for hydroxylation is 1. The monoisotopic (exact) mass is 320 g/mol. The maximum atomic E-state index is 13.1. The molecule has 0 saturated heterocycles. The highest BCUT2D eigenvalue weighted by atomic mass is 19.3. The minimum Gasteiger partial charge on any atom is -0.516 e. The van der Waals surface area contributed by atoms with Crippen LogP contribution < -0.4 is 0 Å². The highest BCUT2D eigenvalue weighted by molar-refractivity contribution is 5.33. The summed E-state index contributed by atoms with van der Waals surface area (Å²) >= 11 is 0. The van der Waals surface area contributed by atoms with Crippen molar-refractivity contribution >= 4 is 0 Å². The summed E-state index contributed by atoms with van der Waals surface area (Å²) < 4.78 is 39.3. The summed E-state index contributed by atoms with van der Waals surface area (Å²) in [5.41, 5.74) is 0.959.